The van der Waals surface area contributed by atoms with Gasteiger partial charge in [0.2, 0.25) is 5.91 Å². The average molecular weight is 498 g/mol. The summed E-state index contributed by atoms with van der Waals surface area (Å²) in [5.74, 6) is 2.34. The predicted octanol–water partition coefficient (Wildman–Crippen LogP) is 6.36. The number of aromatic nitrogens is 2. The second kappa shape index (κ2) is 12.8. The summed E-state index contributed by atoms with van der Waals surface area (Å²) >= 11 is 0. The van der Waals surface area contributed by atoms with Crippen LogP contribution in [0.1, 0.15) is 49.7 Å². The number of fused-ring (bicyclic) bond motifs is 1. The number of ether oxygens (including phenoxy) is 2. The van der Waals surface area contributed by atoms with Crippen LogP contribution in [-0.2, 0) is 17.8 Å². The highest BCUT2D eigenvalue weighted by atomic mass is 16.5. The van der Waals surface area contributed by atoms with Crippen molar-refractivity contribution in [1.29, 1.82) is 0 Å². The average Bonchev–Trinajstić information content (AvgIpc) is 3.28. The lowest BCUT2D eigenvalue weighted by atomic mass is 10.1. The lowest BCUT2D eigenvalue weighted by Crippen LogP contribution is -2.30. The number of imidazole rings is 1. The molecule has 37 heavy (non-hydrogen) atoms. The second-order valence-electron chi connectivity index (χ2n) is 9.03. The molecule has 0 aliphatic rings. The number of benzene rings is 3. The summed E-state index contributed by atoms with van der Waals surface area (Å²) in [5, 5.41) is 3.13. The number of unbranched alkanes of at least 4 members (excludes halogenated alkanes) is 1. The van der Waals surface area contributed by atoms with Gasteiger partial charge in [0, 0.05) is 6.54 Å². The third-order valence-corrected chi connectivity index (χ3v) is 6.24. The lowest BCUT2D eigenvalue weighted by molar-refractivity contribution is -0.121. The number of aryl methyl sites for hydroxylation is 1. The van der Waals surface area contributed by atoms with Gasteiger partial charge in [0.05, 0.1) is 37.2 Å². The molecular weight excluding hydrogens is 462 g/mol. The Hall–Kier alpha value is -4.06. The van der Waals surface area contributed by atoms with E-state index in [1.165, 1.54) is 0 Å². The molecule has 0 aliphatic carbocycles. The molecule has 1 amide bonds. The molecule has 0 bridgehead atoms. The van der Waals surface area contributed by atoms with E-state index in [9.17, 15) is 4.79 Å². The van der Waals surface area contributed by atoms with Crippen LogP contribution in [-0.4, -0.2) is 29.2 Å². The monoisotopic (exact) mass is 497 g/mol. The van der Waals surface area contributed by atoms with Crippen molar-refractivity contribution in [2.75, 3.05) is 13.7 Å². The van der Waals surface area contributed by atoms with Crippen LogP contribution in [0.5, 0.6) is 11.5 Å². The van der Waals surface area contributed by atoms with E-state index in [1.807, 2.05) is 92.7 Å². The molecule has 0 saturated heterocycles. The Balaban J connectivity index is 1.37. The summed E-state index contributed by atoms with van der Waals surface area (Å²) in [4.78, 5) is 17.5. The van der Waals surface area contributed by atoms with Crippen LogP contribution < -0.4 is 14.8 Å². The van der Waals surface area contributed by atoms with E-state index in [0.717, 1.165) is 58.9 Å². The van der Waals surface area contributed by atoms with E-state index in [-0.39, 0.29) is 11.9 Å². The van der Waals surface area contributed by atoms with Crippen molar-refractivity contribution in [3.63, 3.8) is 0 Å². The van der Waals surface area contributed by atoms with Gasteiger partial charge in [0.1, 0.15) is 5.82 Å². The summed E-state index contributed by atoms with van der Waals surface area (Å²) in [6.07, 6.45) is 6.17. The number of amides is 1. The number of rotatable bonds is 12. The molecule has 3 aromatic carbocycles. The van der Waals surface area contributed by atoms with Crippen LogP contribution in [0.4, 0.5) is 0 Å². The Morgan fingerprint density at radius 2 is 1.81 bits per heavy atom. The summed E-state index contributed by atoms with van der Waals surface area (Å²) in [6, 6.07) is 23.6. The summed E-state index contributed by atoms with van der Waals surface area (Å²) in [6.45, 7) is 5.36. The molecule has 1 atom stereocenters. The number of hydrogen-bond acceptors (Lipinski definition) is 4. The van der Waals surface area contributed by atoms with E-state index in [1.54, 1.807) is 7.11 Å². The number of para-hydroxylation sites is 2. The highest BCUT2D eigenvalue weighted by Crippen LogP contribution is 2.29. The Bertz CT molecular complexity index is 1340. The molecule has 0 saturated carbocycles. The molecule has 1 aromatic heterocycles. The van der Waals surface area contributed by atoms with Gasteiger partial charge in [-0.15, -0.1) is 0 Å². The number of hydrogen-bond donors (Lipinski definition) is 1. The van der Waals surface area contributed by atoms with Crippen LogP contribution >= 0.6 is 0 Å². The number of nitrogens with zero attached hydrogens (tertiary/aromatic N) is 2. The minimum absolute atomic E-state index is 0.0138. The maximum Gasteiger partial charge on any atom is 0.224 e. The van der Waals surface area contributed by atoms with E-state index < -0.39 is 0 Å². The Kier molecular flexibility index (Phi) is 8.98. The molecule has 6 heteroatoms. The van der Waals surface area contributed by atoms with Crippen molar-refractivity contribution >= 4 is 23.0 Å². The zero-order chi connectivity index (χ0) is 26.0. The molecule has 6 nitrogen and oxygen atoms in total. The van der Waals surface area contributed by atoms with Crippen molar-refractivity contribution in [3.05, 3.63) is 95.8 Å². The Morgan fingerprint density at radius 3 is 2.59 bits per heavy atom. The molecule has 0 aliphatic heterocycles. The molecule has 192 valence electrons. The molecule has 0 fully saturated rings. The quantitative estimate of drug-likeness (QED) is 0.231. The largest absolute Gasteiger partial charge is 0.493 e. The van der Waals surface area contributed by atoms with Gasteiger partial charge < -0.3 is 19.4 Å². The summed E-state index contributed by atoms with van der Waals surface area (Å²) in [5.41, 5.74) is 4.08. The van der Waals surface area contributed by atoms with Crippen molar-refractivity contribution in [3.8, 4) is 11.5 Å². The maximum atomic E-state index is 12.7. The van der Waals surface area contributed by atoms with Crippen molar-refractivity contribution < 1.29 is 14.3 Å². The normalized spacial score (nSPS) is 12.1. The third kappa shape index (κ3) is 6.79. The first-order chi connectivity index (χ1) is 18.1. The first-order valence-corrected chi connectivity index (χ1v) is 12.8. The van der Waals surface area contributed by atoms with E-state index in [0.29, 0.717) is 13.0 Å². The highest BCUT2D eigenvalue weighted by molar-refractivity contribution is 5.79. The zero-order valence-corrected chi connectivity index (χ0v) is 21.8. The van der Waals surface area contributed by atoms with Gasteiger partial charge in [-0.2, -0.15) is 0 Å². The number of methoxy groups -OCH3 is 1. The third-order valence-electron chi connectivity index (χ3n) is 6.24. The molecule has 0 radical (unpaired) electrons. The van der Waals surface area contributed by atoms with Gasteiger partial charge in [-0.05, 0) is 62.1 Å². The second-order valence-corrected chi connectivity index (χ2v) is 9.03. The Labute approximate surface area is 218 Å². The number of nitrogens with one attached hydrogen (secondary N) is 1. The molecule has 1 unspecified atom stereocenters. The van der Waals surface area contributed by atoms with Crippen LogP contribution in [0.15, 0.2) is 78.9 Å². The van der Waals surface area contributed by atoms with E-state index in [2.05, 4.69) is 16.0 Å². The van der Waals surface area contributed by atoms with Gasteiger partial charge in [-0.1, -0.05) is 60.7 Å². The van der Waals surface area contributed by atoms with Crippen molar-refractivity contribution in [2.24, 2.45) is 0 Å². The number of carbonyl (C=O) groups is 1. The van der Waals surface area contributed by atoms with Crippen LogP contribution in [0.2, 0.25) is 0 Å². The predicted molar refractivity (Wildman–Crippen MR) is 149 cm³/mol. The van der Waals surface area contributed by atoms with Gasteiger partial charge >= 0.3 is 0 Å². The van der Waals surface area contributed by atoms with Gasteiger partial charge in [-0.3, -0.25) is 4.79 Å². The van der Waals surface area contributed by atoms with Gasteiger partial charge in [0.25, 0.3) is 0 Å². The lowest BCUT2D eigenvalue weighted by Gasteiger charge is -2.17. The Morgan fingerprint density at radius 1 is 1.03 bits per heavy atom. The molecule has 4 aromatic rings. The minimum Gasteiger partial charge on any atom is -0.493 e. The van der Waals surface area contributed by atoms with Crippen LogP contribution in [0.25, 0.3) is 17.1 Å². The first kappa shape index (κ1) is 26.0. The smallest absolute Gasteiger partial charge is 0.224 e. The van der Waals surface area contributed by atoms with Crippen molar-refractivity contribution in [2.45, 2.75) is 45.7 Å². The summed E-state index contributed by atoms with van der Waals surface area (Å²) < 4.78 is 13.7. The molecule has 1 N–H and O–H groups in total. The standard InChI is InChI=1S/C31H35N3O3/c1-4-12-24-17-18-28(29(21-24)36-3)37-20-11-10-19-34-27-16-9-8-15-26(27)33-31(34)23(2)32-30(35)22-25-13-6-5-7-14-25/h4-9,12-18,21,23H,10-11,19-20,22H2,1-3H3,(H,32,35)/b12-4+. The fraction of sp³-hybridized carbons (Fsp3) is 0.290. The number of carbonyl (C=O) groups excluding carboxylic acids is 1. The van der Waals surface area contributed by atoms with Crippen LogP contribution in [0.3, 0.4) is 0 Å². The van der Waals surface area contributed by atoms with Gasteiger partial charge in [0.15, 0.2) is 11.5 Å². The first-order valence-electron chi connectivity index (χ1n) is 12.8. The number of allylic oxidation sites excluding steroid dienone is 1. The zero-order valence-electron chi connectivity index (χ0n) is 21.8. The molecular formula is C31H35N3O3. The fourth-order valence-electron chi connectivity index (χ4n) is 4.45. The van der Waals surface area contributed by atoms with Gasteiger partial charge in [-0.25, -0.2) is 4.98 Å². The topological polar surface area (TPSA) is 65.4 Å². The molecule has 0 spiro atoms. The van der Waals surface area contributed by atoms with E-state index >= 15 is 0 Å². The maximum absolute atomic E-state index is 12.7. The van der Waals surface area contributed by atoms with E-state index in [4.69, 9.17) is 14.5 Å². The highest BCUT2D eigenvalue weighted by Gasteiger charge is 2.18. The SMILES string of the molecule is C/C=C/c1ccc(OCCCCn2c(C(C)NC(=O)Cc3ccccc3)nc3ccccc32)c(OC)c1. The van der Waals surface area contributed by atoms with Crippen LogP contribution in [0, 0.1) is 0 Å². The minimum atomic E-state index is -0.209. The molecule has 1 heterocycles. The fourth-order valence-corrected chi connectivity index (χ4v) is 4.45. The molecule has 4 rings (SSSR count). The summed E-state index contributed by atoms with van der Waals surface area (Å²) in [7, 11) is 1.66. The van der Waals surface area contributed by atoms with Crippen molar-refractivity contribution in [1.82, 2.24) is 14.9 Å².